The highest BCUT2D eigenvalue weighted by Crippen LogP contribution is 2.34. The molecule has 122 valence electrons. The van der Waals surface area contributed by atoms with Crippen molar-refractivity contribution >= 4 is 17.5 Å². The van der Waals surface area contributed by atoms with Gasteiger partial charge in [0.2, 0.25) is 5.91 Å². The molecule has 0 unspecified atom stereocenters. The second-order valence-corrected chi connectivity index (χ2v) is 6.67. The van der Waals surface area contributed by atoms with Crippen molar-refractivity contribution in [2.24, 2.45) is 0 Å². The van der Waals surface area contributed by atoms with E-state index in [0.29, 0.717) is 13.0 Å². The molecule has 1 fully saturated rings. The molecule has 0 spiro atoms. The molecule has 0 aliphatic carbocycles. The minimum atomic E-state index is -0.0450. The molecule has 0 saturated carbocycles. The number of halogens is 1. The molecular formula is C17H25ClN2O2. The van der Waals surface area contributed by atoms with Crippen molar-refractivity contribution in [3.8, 4) is 0 Å². The summed E-state index contributed by atoms with van der Waals surface area (Å²) < 4.78 is 5.51. The fourth-order valence-corrected chi connectivity index (χ4v) is 2.94. The van der Waals surface area contributed by atoms with Gasteiger partial charge in [0.25, 0.3) is 0 Å². The Hall–Kier alpha value is -1.10. The highest BCUT2D eigenvalue weighted by atomic mass is 35.5. The molecule has 1 N–H and O–H groups in total. The van der Waals surface area contributed by atoms with Crippen molar-refractivity contribution in [1.29, 1.82) is 0 Å². The summed E-state index contributed by atoms with van der Waals surface area (Å²) in [6.07, 6.45) is 2.37. The molecule has 1 aliphatic heterocycles. The number of carbonyl (C=O) groups is 1. The van der Waals surface area contributed by atoms with Crippen molar-refractivity contribution in [1.82, 2.24) is 10.2 Å². The highest BCUT2D eigenvalue weighted by Gasteiger charge is 2.34. The largest absolute Gasteiger partial charge is 0.381 e. The van der Waals surface area contributed by atoms with E-state index in [-0.39, 0.29) is 11.3 Å². The number of carbonyl (C=O) groups excluding carboxylic acids is 1. The van der Waals surface area contributed by atoms with Crippen molar-refractivity contribution in [2.75, 3.05) is 40.4 Å². The number of rotatable bonds is 6. The van der Waals surface area contributed by atoms with Crippen molar-refractivity contribution in [3.05, 3.63) is 34.9 Å². The summed E-state index contributed by atoms with van der Waals surface area (Å²) in [6, 6.07) is 7.98. The lowest BCUT2D eigenvalue weighted by Crippen LogP contribution is -2.45. The smallest absolute Gasteiger partial charge is 0.221 e. The fourth-order valence-electron chi connectivity index (χ4n) is 2.81. The van der Waals surface area contributed by atoms with E-state index >= 15 is 0 Å². The average Bonchev–Trinajstić information content (AvgIpc) is 2.52. The Morgan fingerprint density at radius 3 is 2.50 bits per heavy atom. The molecule has 22 heavy (non-hydrogen) atoms. The third-order valence-electron chi connectivity index (χ3n) is 4.32. The van der Waals surface area contributed by atoms with Crippen LogP contribution in [-0.4, -0.2) is 51.2 Å². The van der Waals surface area contributed by atoms with E-state index < -0.39 is 0 Å². The SMILES string of the molecule is CN(C)CCC(=O)NCC1(c2ccc(Cl)cc2)CCOCC1. The zero-order valence-electron chi connectivity index (χ0n) is 13.4. The Bertz CT molecular complexity index is 482. The third kappa shape index (κ3) is 4.70. The molecule has 0 atom stereocenters. The summed E-state index contributed by atoms with van der Waals surface area (Å²) in [5.41, 5.74) is 1.18. The maximum Gasteiger partial charge on any atom is 0.221 e. The number of nitrogens with zero attached hydrogens (tertiary/aromatic N) is 1. The van der Waals surface area contributed by atoms with E-state index in [4.69, 9.17) is 16.3 Å². The molecule has 0 aromatic heterocycles. The van der Waals surface area contributed by atoms with Gasteiger partial charge in [-0.15, -0.1) is 0 Å². The number of hydrogen-bond acceptors (Lipinski definition) is 3. The van der Waals surface area contributed by atoms with Crippen LogP contribution in [0.3, 0.4) is 0 Å². The van der Waals surface area contributed by atoms with Gasteiger partial charge in [-0.05, 0) is 44.6 Å². The van der Waals surface area contributed by atoms with Gasteiger partial charge in [-0.1, -0.05) is 23.7 Å². The van der Waals surface area contributed by atoms with Crippen LogP contribution in [0.1, 0.15) is 24.8 Å². The Morgan fingerprint density at radius 2 is 1.91 bits per heavy atom. The molecule has 1 saturated heterocycles. The number of hydrogen-bond donors (Lipinski definition) is 1. The van der Waals surface area contributed by atoms with E-state index in [1.54, 1.807) is 0 Å². The first-order chi connectivity index (χ1) is 10.5. The minimum Gasteiger partial charge on any atom is -0.381 e. The molecule has 1 aromatic carbocycles. The normalized spacial score (nSPS) is 17.5. The van der Waals surface area contributed by atoms with Gasteiger partial charge >= 0.3 is 0 Å². The topological polar surface area (TPSA) is 41.6 Å². The van der Waals surface area contributed by atoms with Gasteiger partial charge in [0, 0.05) is 43.2 Å². The molecule has 1 aromatic rings. The Morgan fingerprint density at radius 1 is 1.27 bits per heavy atom. The van der Waals surface area contributed by atoms with Gasteiger partial charge in [0.05, 0.1) is 0 Å². The fraction of sp³-hybridized carbons (Fsp3) is 0.588. The van der Waals surface area contributed by atoms with Crippen LogP contribution in [0.5, 0.6) is 0 Å². The van der Waals surface area contributed by atoms with Crippen LogP contribution in [0.25, 0.3) is 0 Å². The van der Waals surface area contributed by atoms with Crippen molar-refractivity contribution < 1.29 is 9.53 Å². The molecule has 0 radical (unpaired) electrons. The zero-order chi connectivity index (χ0) is 16.0. The van der Waals surface area contributed by atoms with Gasteiger partial charge in [0.15, 0.2) is 0 Å². The quantitative estimate of drug-likeness (QED) is 0.874. The molecule has 5 heteroatoms. The van der Waals surface area contributed by atoms with E-state index in [9.17, 15) is 4.79 Å². The van der Waals surface area contributed by atoms with Crippen LogP contribution in [0.2, 0.25) is 5.02 Å². The standard InChI is InChI=1S/C17H25ClN2O2/c1-20(2)10-7-16(21)19-13-17(8-11-22-12-9-17)14-3-5-15(18)6-4-14/h3-6H,7-13H2,1-2H3,(H,19,21). The highest BCUT2D eigenvalue weighted by molar-refractivity contribution is 6.30. The maximum absolute atomic E-state index is 12.0. The number of benzene rings is 1. The van der Waals surface area contributed by atoms with E-state index in [2.05, 4.69) is 17.4 Å². The molecule has 1 amide bonds. The molecule has 4 nitrogen and oxygen atoms in total. The summed E-state index contributed by atoms with van der Waals surface area (Å²) >= 11 is 6.00. The predicted octanol–water partition coefficient (Wildman–Crippen LogP) is 2.46. The van der Waals surface area contributed by atoms with Crippen LogP contribution in [0.4, 0.5) is 0 Å². The molecule has 0 bridgehead atoms. The predicted molar refractivity (Wildman–Crippen MR) is 89.4 cm³/mol. The van der Waals surface area contributed by atoms with Crippen LogP contribution < -0.4 is 5.32 Å². The number of amides is 1. The van der Waals surface area contributed by atoms with Crippen LogP contribution in [0.15, 0.2) is 24.3 Å². The van der Waals surface area contributed by atoms with Gasteiger partial charge in [0.1, 0.15) is 0 Å². The van der Waals surface area contributed by atoms with Crippen molar-refractivity contribution in [3.63, 3.8) is 0 Å². The van der Waals surface area contributed by atoms with Gasteiger partial charge in [-0.3, -0.25) is 4.79 Å². The number of nitrogens with one attached hydrogen (secondary N) is 1. The van der Waals surface area contributed by atoms with E-state index in [1.165, 1.54) is 5.56 Å². The lowest BCUT2D eigenvalue weighted by atomic mass is 9.74. The summed E-state index contributed by atoms with van der Waals surface area (Å²) in [5, 5.41) is 3.84. The number of ether oxygens (including phenoxy) is 1. The first-order valence-electron chi connectivity index (χ1n) is 7.77. The van der Waals surface area contributed by atoms with Gasteiger partial charge in [-0.25, -0.2) is 0 Å². The van der Waals surface area contributed by atoms with Gasteiger partial charge < -0.3 is 15.0 Å². The van der Waals surface area contributed by atoms with Gasteiger partial charge in [-0.2, -0.15) is 0 Å². The zero-order valence-corrected chi connectivity index (χ0v) is 14.2. The lowest BCUT2D eigenvalue weighted by Gasteiger charge is -2.38. The van der Waals surface area contributed by atoms with E-state index in [1.807, 2.05) is 31.1 Å². The van der Waals surface area contributed by atoms with Crippen molar-refractivity contribution in [2.45, 2.75) is 24.7 Å². The summed E-state index contributed by atoms with van der Waals surface area (Å²) in [6.45, 7) is 2.89. The average molecular weight is 325 g/mol. The Labute approximate surface area is 137 Å². The first kappa shape index (κ1) is 17.3. The summed E-state index contributed by atoms with van der Waals surface area (Å²) in [4.78, 5) is 14.0. The van der Waals surface area contributed by atoms with Crippen LogP contribution >= 0.6 is 11.6 Å². The minimum absolute atomic E-state index is 0.0450. The van der Waals surface area contributed by atoms with Crippen LogP contribution in [0, 0.1) is 0 Å². The molecular weight excluding hydrogens is 300 g/mol. The van der Waals surface area contributed by atoms with Crippen LogP contribution in [-0.2, 0) is 14.9 Å². The monoisotopic (exact) mass is 324 g/mol. The Kier molecular flexibility index (Phi) is 6.24. The third-order valence-corrected chi connectivity index (χ3v) is 4.57. The second kappa shape index (κ2) is 7.95. The Balaban J connectivity index is 2.03. The summed E-state index contributed by atoms with van der Waals surface area (Å²) in [5.74, 6) is 0.105. The molecule has 1 heterocycles. The molecule has 1 aliphatic rings. The maximum atomic E-state index is 12.0. The van der Waals surface area contributed by atoms with E-state index in [0.717, 1.165) is 37.6 Å². The molecule has 2 rings (SSSR count). The lowest BCUT2D eigenvalue weighted by molar-refractivity contribution is -0.121. The first-order valence-corrected chi connectivity index (χ1v) is 8.15. The second-order valence-electron chi connectivity index (χ2n) is 6.23. The summed E-state index contributed by atoms with van der Waals surface area (Å²) in [7, 11) is 3.95.